The molecule has 16 N–H and O–H groups in total. The van der Waals surface area contributed by atoms with Crippen molar-refractivity contribution in [2.24, 2.45) is 11.5 Å². The highest BCUT2D eigenvalue weighted by atomic mass is 35.5. The maximum absolute atomic E-state index is 15.0. The van der Waals surface area contributed by atoms with Gasteiger partial charge < -0.3 is 74.3 Å². The molecule has 2 fully saturated rings. The maximum atomic E-state index is 15.0. The molecule has 3 aromatic carbocycles. The van der Waals surface area contributed by atoms with E-state index in [9.17, 15) is 48.9 Å². The zero-order chi connectivity index (χ0) is 60.7. The molecule has 0 radical (unpaired) electrons. The minimum absolute atomic E-state index is 0. The smallest absolute Gasteiger partial charge is 0.244 e. The van der Waals surface area contributed by atoms with E-state index >= 15 is 9.59 Å². The standard InChI is InChI=1S/C57H79N13O12S2.ClH/c1-3-40-51(76)66-47(57(82)68-49(34(2)72)50(59)75)33-84-83-32-46(67-53(78)43(27-35-11-5-4-6-12-35)61-48(74)31-70-23-21-69(22-24-70)25-26-71)56(81)64-44(28-36-16-18-38(73)19-17-36)54(79)65-45(29-37-30-60-41-14-8-7-13-39(37)41)55(80)63-42(52(77)62-40)15-9-10-20-58;/h4-8,11-14,16-19,30,34,40,42-47,49,60,71-73H,3,9-10,15,20-29,31-33,58H2,1-2H3,(H2,59,75)(H,61,74)(H,62,77)(H,63,80)(H,64,81)(H,65,79)(H,66,76)(H,67,78)(H,68,82);1H/t34-,40?,42+,43-,44?,45?,46+,47+,49+;/m1./s1. The number of primary amides is 1. The molecule has 2 aliphatic rings. The Morgan fingerprint density at radius 1 is 0.718 bits per heavy atom. The van der Waals surface area contributed by atoms with Crippen LogP contribution in [0.2, 0.25) is 0 Å². The number of halogens is 1. The molecule has 0 spiro atoms. The summed E-state index contributed by atoms with van der Waals surface area (Å²) in [5.41, 5.74) is 13.9. The number of nitrogens with one attached hydrogen (secondary N) is 9. The lowest BCUT2D eigenvalue weighted by molar-refractivity contribution is -0.136. The number of carbonyl (C=O) groups is 9. The van der Waals surface area contributed by atoms with Gasteiger partial charge in [-0.25, -0.2) is 0 Å². The molecule has 0 aliphatic carbocycles. The molecule has 3 unspecified atom stereocenters. The zero-order valence-corrected chi connectivity index (χ0v) is 50.0. The number of β-amino-alcohol motifs (C(OH)–C–C–N with tert-alkyl or cyclic N) is 1. The molecule has 28 heteroatoms. The molecule has 0 saturated carbocycles. The van der Waals surface area contributed by atoms with Crippen LogP contribution in [0.5, 0.6) is 5.75 Å². The number of nitrogens with two attached hydrogens (primary N) is 2. The summed E-state index contributed by atoms with van der Waals surface area (Å²) >= 11 is 0. The third-order valence-electron chi connectivity index (χ3n) is 14.5. The predicted octanol–water partition coefficient (Wildman–Crippen LogP) is -1.39. The molecule has 25 nitrogen and oxygen atoms in total. The molecule has 1 aromatic heterocycles. The van der Waals surface area contributed by atoms with Crippen LogP contribution in [0, 0.1) is 0 Å². The summed E-state index contributed by atoms with van der Waals surface area (Å²) in [7, 11) is 1.97. The number of rotatable bonds is 22. The fraction of sp³-hybridized carbons (Fsp3) is 0.491. The Labute approximate surface area is 507 Å². The van der Waals surface area contributed by atoms with E-state index in [0.717, 1.165) is 32.5 Å². The van der Waals surface area contributed by atoms with Gasteiger partial charge in [-0.15, -0.1) is 12.4 Å². The fourth-order valence-electron chi connectivity index (χ4n) is 9.65. The summed E-state index contributed by atoms with van der Waals surface area (Å²) in [6.45, 7) is 5.90. The molecule has 0 bridgehead atoms. The zero-order valence-electron chi connectivity index (χ0n) is 47.6. The SMILES string of the molecule is CCC1NC(=O)[C@H](CCCCN)NC(=O)C(Cc2c[nH]c3ccccc23)NC(=O)C(Cc2ccc(O)cc2)NC(=O)[C@@H](NC(=O)[C@@H](Cc2ccccc2)NC(=O)CN2CCN(CCO)CC2)CSSC[C@@H](C(=O)N[C@H](C(N)=O)[C@@H](C)O)NC1=O.Cl. The molecule has 464 valence electrons. The van der Waals surface area contributed by atoms with Gasteiger partial charge in [0.25, 0.3) is 0 Å². The fourth-order valence-corrected chi connectivity index (χ4v) is 12.0. The van der Waals surface area contributed by atoms with Crippen molar-refractivity contribution in [2.45, 2.75) is 113 Å². The lowest BCUT2D eigenvalue weighted by atomic mass is 10.0. The van der Waals surface area contributed by atoms with Crippen molar-refractivity contribution in [3.63, 3.8) is 0 Å². The van der Waals surface area contributed by atoms with Crippen molar-refractivity contribution in [3.05, 3.63) is 102 Å². The van der Waals surface area contributed by atoms with E-state index in [4.69, 9.17) is 11.5 Å². The van der Waals surface area contributed by atoms with Crippen LogP contribution in [0.3, 0.4) is 0 Å². The summed E-state index contributed by atoms with van der Waals surface area (Å²) in [5, 5.41) is 52.6. The number of aliphatic hydroxyl groups is 2. The highest BCUT2D eigenvalue weighted by molar-refractivity contribution is 8.76. The van der Waals surface area contributed by atoms with Crippen LogP contribution in [0.1, 0.15) is 56.2 Å². The van der Waals surface area contributed by atoms with Crippen molar-refractivity contribution in [1.29, 1.82) is 0 Å². The van der Waals surface area contributed by atoms with E-state index in [2.05, 4.69) is 52.4 Å². The average molecular weight is 1240 g/mol. The Morgan fingerprint density at radius 2 is 1.32 bits per heavy atom. The van der Waals surface area contributed by atoms with Crippen LogP contribution in [0.15, 0.2) is 85.1 Å². The number of para-hydroxylation sites is 1. The van der Waals surface area contributed by atoms with Crippen LogP contribution < -0.4 is 54.0 Å². The second-order valence-electron chi connectivity index (χ2n) is 20.8. The van der Waals surface area contributed by atoms with E-state index < -0.39 is 108 Å². The van der Waals surface area contributed by atoms with Crippen LogP contribution in [0.25, 0.3) is 10.9 Å². The van der Waals surface area contributed by atoms with Crippen LogP contribution in [-0.2, 0) is 62.4 Å². The number of aliphatic hydroxyl groups excluding tert-OH is 2. The van der Waals surface area contributed by atoms with Gasteiger partial charge in [-0.2, -0.15) is 0 Å². The topological polar surface area (TPSA) is 385 Å². The van der Waals surface area contributed by atoms with Crippen LogP contribution in [-0.4, -0.2) is 202 Å². The molecule has 2 saturated heterocycles. The normalized spacial score (nSPS) is 21.9. The van der Waals surface area contributed by atoms with Crippen molar-refractivity contribution in [3.8, 4) is 5.75 Å². The maximum Gasteiger partial charge on any atom is 0.244 e. The summed E-state index contributed by atoms with van der Waals surface area (Å²) in [4.78, 5) is 136. The van der Waals surface area contributed by atoms with Gasteiger partial charge in [-0.1, -0.05) is 89.2 Å². The molecule has 4 aromatic rings. The summed E-state index contributed by atoms with van der Waals surface area (Å²) < 4.78 is 0. The van der Waals surface area contributed by atoms with Gasteiger partial charge in [0.2, 0.25) is 53.2 Å². The number of aromatic amines is 1. The van der Waals surface area contributed by atoms with E-state index in [-0.39, 0.29) is 81.5 Å². The van der Waals surface area contributed by atoms with Crippen LogP contribution in [0.4, 0.5) is 0 Å². The third-order valence-corrected chi connectivity index (χ3v) is 16.9. The quantitative estimate of drug-likeness (QED) is 0.0318. The molecule has 85 heavy (non-hydrogen) atoms. The van der Waals surface area contributed by atoms with Crippen molar-refractivity contribution < 1.29 is 58.5 Å². The molecular weight excluding hydrogens is 1160 g/mol. The van der Waals surface area contributed by atoms with Gasteiger partial charge in [-0.05, 0) is 74.0 Å². The van der Waals surface area contributed by atoms with E-state index in [1.54, 1.807) is 55.6 Å². The predicted molar refractivity (Wildman–Crippen MR) is 326 cm³/mol. The van der Waals surface area contributed by atoms with E-state index in [0.29, 0.717) is 62.3 Å². The number of unbranched alkanes of at least 4 members (excludes halogenated alkanes) is 1. The number of aromatic nitrogens is 1. The number of nitrogens with zero attached hydrogens (tertiary/aromatic N) is 2. The Kier molecular flexibility index (Phi) is 28.2. The lowest BCUT2D eigenvalue weighted by Crippen LogP contribution is -2.61. The lowest BCUT2D eigenvalue weighted by Gasteiger charge is -2.34. The minimum atomic E-state index is -1.58. The summed E-state index contributed by atoms with van der Waals surface area (Å²) in [5.74, 6) is -7.90. The second kappa shape index (κ2) is 34.8. The van der Waals surface area contributed by atoms with Crippen molar-refractivity contribution >= 4 is 98.1 Å². The number of phenolic OH excluding ortho intramolecular Hbond substituents is 1. The average Bonchev–Trinajstić information content (AvgIpc) is 3.89. The number of carbonyl (C=O) groups excluding carboxylic acids is 9. The van der Waals surface area contributed by atoms with Gasteiger partial charge in [0.05, 0.1) is 19.3 Å². The number of benzene rings is 3. The number of hydrogen-bond donors (Lipinski definition) is 14. The number of phenols is 1. The largest absolute Gasteiger partial charge is 0.508 e. The molecule has 6 rings (SSSR count). The minimum Gasteiger partial charge on any atom is -0.508 e. The Hall–Kier alpha value is -6.98. The van der Waals surface area contributed by atoms with Gasteiger partial charge in [0.1, 0.15) is 54.1 Å². The highest BCUT2D eigenvalue weighted by Gasteiger charge is 2.36. The number of amides is 9. The van der Waals surface area contributed by atoms with Gasteiger partial charge in [0.15, 0.2) is 0 Å². The van der Waals surface area contributed by atoms with E-state index in [1.165, 1.54) is 19.1 Å². The molecule has 9 amide bonds. The van der Waals surface area contributed by atoms with E-state index in [1.807, 2.05) is 29.2 Å². The number of hydrogen-bond acceptors (Lipinski definition) is 17. The van der Waals surface area contributed by atoms with Crippen molar-refractivity contribution in [2.75, 3.05) is 63.9 Å². The van der Waals surface area contributed by atoms with Crippen molar-refractivity contribution in [1.82, 2.24) is 57.3 Å². The third kappa shape index (κ3) is 21.5. The molecule has 9 atom stereocenters. The molecular formula is C57H80ClN13O12S2. The van der Waals surface area contributed by atoms with Crippen LogP contribution >= 0.6 is 34.0 Å². The van der Waals surface area contributed by atoms with Gasteiger partial charge in [-0.3, -0.25) is 53.0 Å². The van der Waals surface area contributed by atoms with Gasteiger partial charge in [0, 0.05) is 80.6 Å². The first-order valence-corrected chi connectivity index (χ1v) is 30.6. The molecule has 2 aliphatic heterocycles. The number of H-pyrrole nitrogens is 1. The Morgan fingerprint density at radius 3 is 1.98 bits per heavy atom. The number of piperazine rings is 1. The first-order valence-electron chi connectivity index (χ1n) is 28.1. The number of fused-ring (bicyclic) bond motifs is 1. The second-order valence-corrected chi connectivity index (χ2v) is 23.4. The Balaban J connectivity index is 0.0000132. The first kappa shape index (κ1) is 68.8. The monoisotopic (exact) mass is 1240 g/mol. The Bertz CT molecular complexity index is 2870. The first-order chi connectivity index (χ1) is 40.3. The summed E-state index contributed by atoms with van der Waals surface area (Å²) in [6, 6.07) is 10.9. The van der Waals surface area contributed by atoms with Gasteiger partial charge >= 0.3 is 0 Å². The number of aromatic hydroxyl groups is 1. The highest BCUT2D eigenvalue weighted by Crippen LogP contribution is 2.25. The molecule has 3 heterocycles. The summed E-state index contributed by atoms with van der Waals surface area (Å²) in [6.07, 6.45) is 0.824.